The van der Waals surface area contributed by atoms with Crippen molar-refractivity contribution in [1.82, 2.24) is 5.32 Å². The first-order valence-corrected chi connectivity index (χ1v) is 7.42. The Morgan fingerprint density at radius 2 is 2.22 bits per heavy atom. The van der Waals surface area contributed by atoms with Crippen molar-refractivity contribution in [2.75, 3.05) is 0 Å². The predicted molar refractivity (Wildman–Crippen MR) is 72.4 cm³/mol. The number of rotatable bonds is 5. The minimum Gasteiger partial charge on any atom is -0.481 e. The molecule has 0 radical (unpaired) electrons. The number of hydrogen-bond acceptors (Lipinski definition) is 3. The van der Waals surface area contributed by atoms with Gasteiger partial charge in [-0.1, -0.05) is 6.42 Å². The monoisotopic (exact) mass is 331 g/mol. The molecule has 2 N–H and O–H groups in total. The van der Waals surface area contributed by atoms with Gasteiger partial charge in [-0.05, 0) is 45.8 Å². The maximum absolute atomic E-state index is 11.8. The van der Waals surface area contributed by atoms with Gasteiger partial charge in [0, 0.05) is 13.0 Å². The van der Waals surface area contributed by atoms with Crippen LogP contribution in [0.2, 0.25) is 0 Å². The molecule has 1 heterocycles. The van der Waals surface area contributed by atoms with Crippen molar-refractivity contribution in [3.05, 3.63) is 20.8 Å². The van der Waals surface area contributed by atoms with Crippen LogP contribution in [0, 0.1) is 5.41 Å². The topological polar surface area (TPSA) is 66.4 Å². The van der Waals surface area contributed by atoms with Crippen molar-refractivity contribution in [2.24, 2.45) is 5.41 Å². The Balaban J connectivity index is 1.83. The molecule has 0 unspecified atom stereocenters. The van der Waals surface area contributed by atoms with Crippen LogP contribution in [0.25, 0.3) is 0 Å². The van der Waals surface area contributed by atoms with Crippen LogP contribution in [-0.2, 0) is 16.1 Å². The Morgan fingerprint density at radius 1 is 1.50 bits per heavy atom. The zero-order valence-corrected chi connectivity index (χ0v) is 12.1. The molecule has 2 rings (SSSR count). The van der Waals surface area contributed by atoms with Crippen molar-refractivity contribution < 1.29 is 14.7 Å². The van der Waals surface area contributed by atoms with Crippen LogP contribution in [0.1, 0.15) is 31.2 Å². The van der Waals surface area contributed by atoms with Crippen molar-refractivity contribution >= 4 is 39.1 Å². The molecule has 1 saturated carbocycles. The Hall–Kier alpha value is -0.880. The molecule has 98 valence electrons. The smallest absolute Gasteiger partial charge is 0.310 e. The van der Waals surface area contributed by atoms with E-state index in [4.69, 9.17) is 5.11 Å². The summed E-state index contributed by atoms with van der Waals surface area (Å²) in [6, 6.07) is 1.95. The molecular formula is C12H14BrNO3S. The molecule has 1 amide bonds. The quantitative estimate of drug-likeness (QED) is 0.871. The van der Waals surface area contributed by atoms with E-state index in [0.717, 1.165) is 15.8 Å². The van der Waals surface area contributed by atoms with Crippen LogP contribution in [0.4, 0.5) is 0 Å². The zero-order valence-electron chi connectivity index (χ0n) is 9.74. The molecule has 0 spiro atoms. The SMILES string of the molecule is O=C(CC1(C(=O)O)CCC1)NCc1csc(Br)c1. The number of carbonyl (C=O) groups is 2. The van der Waals surface area contributed by atoms with Crippen LogP contribution >= 0.6 is 27.3 Å². The number of nitrogens with one attached hydrogen (secondary N) is 1. The average molecular weight is 332 g/mol. The van der Waals surface area contributed by atoms with Gasteiger partial charge in [0.2, 0.25) is 5.91 Å². The van der Waals surface area contributed by atoms with E-state index >= 15 is 0 Å². The Bertz CT molecular complexity index is 468. The Kier molecular flexibility index (Phi) is 4.07. The van der Waals surface area contributed by atoms with Crippen molar-refractivity contribution in [3.8, 4) is 0 Å². The average Bonchev–Trinajstić information content (AvgIpc) is 2.66. The molecule has 0 aliphatic heterocycles. The molecule has 0 aromatic carbocycles. The summed E-state index contributed by atoms with van der Waals surface area (Å²) >= 11 is 4.92. The minimum absolute atomic E-state index is 0.0909. The first-order chi connectivity index (χ1) is 8.52. The molecule has 6 heteroatoms. The summed E-state index contributed by atoms with van der Waals surface area (Å²) in [6.07, 6.45) is 2.21. The van der Waals surface area contributed by atoms with Gasteiger partial charge in [0.25, 0.3) is 0 Å². The number of aliphatic carboxylic acids is 1. The standard InChI is InChI=1S/C12H14BrNO3S/c13-9-4-8(7-18-9)6-14-10(15)5-12(11(16)17)2-1-3-12/h4,7H,1-3,5-6H2,(H,14,15)(H,16,17). The molecule has 1 aromatic heterocycles. The molecule has 1 fully saturated rings. The maximum Gasteiger partial charge on any atom is 0.310 e. The molecule has 18 heavy (non-hydrogen) atoms. The number of thiophene rings is 1. The predicted octanol–water partition coefficient (Wildman–Crippen LogP) is 2.77. The highest BCUT2D eigenvalue weighted by molar-refractivity contribution is 9.11. The van der Waals surface area contributed by atoms with Crippen LogP contribution in [0.5, 0.6) is 0 Å². The molecular weight excluding hydrogens is 318 g/mol. The van der Waals surface area contributed by atoms with E-state index in [1.165, 1.54) is 0 Å². The number of carbonyl (C=O) groups excluding carboxylic acids is 1. The highest BCUT2D eigenvalue weighted by Gasteiger charge is 2.45. The molecule has 1 aromatic rings. The number of amides is 1. The summed E-state index contributed by atoms with van der Waals surface area (Å²) in [4.78, 5) is 22.9. The number of halogens is 1. The second-order valence-electron chi connectivity index (χ2n) is 4.65. The van der Waals surface area contributed by atoms with Crippen LogP contribution < -0.4 is 5.32 Å². The lowest BCUT2D eigenvalue weighted by molar-refractivity contribution is -0.157. The lowest BCUT2D eigenvalue weighted by Crippen LogP contribution is -2.42. The lowest BCUT2D eigenvalue weighted by Gasteiger charge is -2.36. The molecule has 0 saturated heterocycles. The highest BCUT2D eigenvalue weighted by Crippen LogP contribution is 2.44. The third kappa shape index (κ3) is 2.92. The van der Waals surface area contributed by atoms with Gasteiger partial charge in [0.05, 0.1) is 9.20 Å². The third-order valence-corrected chi connectivity index (χ3v) is 4.93. The molecule has 0 bridgehead atoms. The van der Waals surface area contributed by atoms with Crippen molar-refractivity contribution in [3.63, 3.8) is 0 Å². The van der Waals surface area contributed by atoms with E-state index in [1.54, 1.807) is 11.3 Å². The lowest BCUT2D eigenvalue weighted by atomic mass is 9.66. The fourth-order valence-electron chi connectivity index (χ4n) is 2.08. The van der Waals surface area contributed by atoms with Gasteiger partial charge in [-0.15, -0.1) is 11.3 Å². The second-order valence-corrected chi connectivity index (χ2v) is 6.94. The van der Waals surface area contributed by atoms with Gasteiger partial charge in [-0.2, -0.15) is 0 Å². The fourth-order valence-corrected chi connectivity index (χ4v) is 3.29. The number of carboxylic acids is 1. The molecule has 0 atom stereocenters. The number of carboxylic acid groups (broad SMARTS) is 1. The summed E-state index contributed by atoms with van der Waals surface area (Å²) < 4.78 is 1.02. The van der Waals surface area contributed by atoms with E-state index in [-0.39, 0.29) is 12.3 Å². The highest BCUT2D eigenvalue weighted by atomic mass is 79.9. The summed E-state index contributed by atoms with van der Waals surface area (Å²) in [5.74, 6) is -1.03. The van der Waals surface area contributed by atoms with Crippen molar-refractivity contribution in [2.45, 2.75) is 32.2 Å². The molecule has 4 nitrogen and oxygen atoms in total. The maximum atomic E-state index is 11.8. The second kappa shape index (κ2) is 5.40. The van der Waals surface area contributed by atoms with Gasteiger partial charge in [0.15, 0.2) is 0 Å². The van der Waals surface area contributed by atoms with E-state index in [9.17, 15) is 9.59 Å². The van der Waals surface area contributed by atoms with Gasteiger partial charge in [-0.3, -0.25) is 9.59 Å². The summed E-state index contributed by atoms with van der Waals surface area (Å²) in [5.41, 5.74) is 0.220. The van der Waals surface area contributed by atoms with Gasteiger partial charge >= 0.3 is 5.97 Å². The van der Waals surface area contributed by atoms with E-state index < -0.39 is 11.4 Å². The van der Waals surface area contributed by atoms with E-state index in [2.05, 4.69) is 21.2 Å². The van der Waals surface area contributed by atoms with Gasteiger partial charge in [-0.25, -0.2) is 0 Å². The molecule has 1 aliphatic carbocycles. The Labute approximate surface area is 118 Å². The van der Waals surface area contributed by atoms with Crippen molar-refractivity contribution in [1.29, 1.82) is 0 Å². The van der Waals surface area contributed by atoms with Crippen LogP contribution in [0.15, 0.2) is 15.2 Å². The Morgan fingerprint density at radius 3 is 2.67 bits per heavy atom. The van der Waals surface area contributed by atoms with E-state index in [0.29, 0.717) is 19.4 Å². The third-order valence-electron chi connectivity index (χ3n) is 3.37. The normalized spacial score (nSPS) is 16.9. The van der Waals surface area contributed by atoms with Gasteiger partial charge < -0.3 is 10.4 Å². The first kappa shape index (κ1) is 13.5. The molecule has 1 aliphatic rings. The fraction of sp³-hybridized carbons (Fsp3) is 0.500. The summed E-state index contributed by atoms with van der Waals surface area (Å²) in [5, 5.41) is 13.9. The van der Waals surface area contributed by atoms with Crippen LogP contribution in [-0.4, -0.2) is 17.0 Å². The van der Waals surface area contributed by atoms with E-state index in [1.807, 2.05) is 11.4 Å². The number of hydrogen-bond donors (Lipinski definition) is 2. The van der Waals surface area contributed by atoms with Crippen LogP contribution in [0.3, 0.4) is 0 Å². The largest absolute Gasteiger partial charge is 0.481 e. The van der Waals surface area contributed by atoms with Gasteiger partial charge in [0.1, 0.15) is 0 Å². The first-order valence-electron chi connectivity index (χ1n) is 5.75. The minimum atomic E-state index is -0.845. The zero-order chi connectivity index (χ0) is 13.2. The summed E-state index contributed by atoms with van der Waals surface area (Å²) in [7, 11) is 0. The summed E-state index contributed by atoms with van der Waals surface area (Å²) in [6.45, 7) is 0.455.